The Hall–Kier alpha value is -2.69. The Morgan fingerprint density at radius 1 is 0.920 bits per heavy atom. The molecule has 2 amide bonds. The molecule has 130 valence electrons. The fraction of sp³-hybridized carbons (Fsp3) is 0.350. The normalized spacial score (nSPS) is 14.4. The summed E-state index contributed by atoms with van der Waals surface area (Å²) in [5, 5.41) is 0. The SMILES string of the molecule is Cc1cnccc1CC(=O)N1CCN(C(=O)Cc2ccccc2)CC1. The van der Waals surface area contributed by atoms with Crippen LogP contribution in [0.25, 0.3) is 0 Å². The van der Waals surface area contributed by atoms with Gasteiger partial charge in [0.2, 0.25) is 11.8 Å². The summed E-state index contributed by atoms with van der Waals surface area (Å²) in [6.07, 6.45) is 4.32. The van der Waals surface area contributed by atoms with Crippen LogP contribution >= 0.6 is 0 Å². The smallest absolute Gasteiger partial charge is 0.227 e. The van der Waals surface area contributed by atoms with Crippen molar-refractivity contribution in [3.05, 3.63) is 65.5 Å². The molecule has 5 heteroatoms. The zero-order valence-corrected chi connectivity index (χ0v) is 14.5. The lowest BCUT2D eigenvalue weighted by Gasteiger charge is -2.35. The molecule has 3 rings (SSSR count). The van der Waals surface area contributed by atoms with E-state index in [0.717, 1.165) is 16.7 Å². The molecule has 0 spiro atoms. The number of carbonyl (C=O) groups is 2. The van der Waals surface area contributed by atoms with Crippen molar-refractivity contribution in [2.75, 3.05) is 26.2 Å². The van der Waals surface area contributed by atoms with E-state index in [9.17, 15) is 9.59 Å². The molecule has 1 aliphatic heterocycles. The minimum absolute atomic E-state index is 0.115. The van der Waals surface area contributed by atoms with E-state index in [0.29, 0.717) is 39.0 Å². The van der Waals surface area contributed by atoms with Crippen LogP contribution in [-0.2, 0) is 22.4 Å². The molecule has 1 aliphatic rings. The molecule has 0 bridgehead atoms. The highest BCUT2D eigenvalue weighted by Gasteiger charge is 2.24. The zero-order valence-electron chi connectivity index (χ0n) is 14.5. The summed E-state index contributed by atoms with van der Waals surface area (Å²) in [5.41, 5.74) is 3.08. The highest BCUT2D eigenvalue weighted by Crippen LogP contribution is 2.11. The number of rotatable bonds is 4. The quantitative estimate of drug-likeness (QED) is 0.855. The van der Waals surface area contributed by atoms with Crippen molar-refractivity contribution in [1.82, 2.24) is 14.8 Å². The van der Waals surface area contributed by atoms with E-state index in [-0.39, 0.29) is 11.8 Å². The Bertz CT molecular complexity index is 738. The highest BCUT2D eigenvalue weighted by atomic mass is 16.2. The molecule has 0 radical (unpaired) electrons. The van der Waals surface area contributed by atoms with Gasteiger partial charge in [-0.2, -0.15) is 0 Å². The molecule has 25 heavy (non-hydrogen) atoms. The fourth-order valence-electron chi connectivity index (χ4n) is 3.06. The summed E-state index contributed by atoms with van der Waals surface area (Å²) < 4.78 is 0. The molecule has 0 atom stereocenters. The Labute approximate surface area is 148 Å². The lowest BCUT2D eigenvalue weighted by Crippen LogP contribution is -2.51. The maximum absolute atomic E-state index is 12.5. The average Bonchev–Trinajstić information content (AvgIpc) is 2.64. The standard InChI is InChI=1S/C20H23N3O2/c1-16-15-21-8-7-18(16)14-20(25)23-11-9-22(10-12-23)19(24)13-17-5-3-2-4-6-17/h2-8,15H,9-14H2,1H3. The Morgan fingerprint density at radius 3 is 2.12 bits per heavy atom. The third kappa shape index (κ3) is 4.44. The van der Waals surface area contributed by atoms with Crippen LogP contribution in [0.2, 0.25) is 0 Å². The Morgan fingerprint density at radius 2 is 1.52 bits per heavy atom. The van der Waals surface area contributed by atoms with Crippen LogP contribution in [0.1, 0.15) is 16.7 Å². The maximum atomic E-state index is 12.5. The van der Waals surface area contributed by atoms with Crippen LogP contribution in [0.3, 0.4) is 0 Å². The molecular weight excluding hydrogens is 314 g/mol. The average molecular weight is 337 g/mol. The van der Waals surface area contributed by atoms with Gasteiger partial charge in [0.25, 0.3) is 0 Å². The molecule has 2 heterocycles. The van der Waals surface area contributed by atoms with E-state index >= 15 is 0 Å². The van der Waals surface area contributed by atoms with Crippen molar-refractivity contribution in [2.45, 2.75) is 19.8 Å². The summed E-state index contributed by atoms with van der Waals surface area (Å²) in [6.45, 7) is 4.38. The van der Waals surface area contributed by atoms with E-state index in [1.807, 2.05) is 53.1 Å². The fourth-order valence-corrected chi connectivity index (χ4v) is 3.06. The van der Waals surface area contributed by atoms with Gasteiger partial charge in [0, 0.05) is 38.6 Å². The maximum Gasteiger partial charge on any atom is 0.227 e. The van der Waals surface area contributed by atoms with Gasteiger partial charge < -0.3 is 9.80 Å². The van der Waals surface area contributed by atoms with E-state index in [1.54, 1.807) is 12.4 Å². The second-order valence-corrected chi connectivity index (χ2v) is 6.40. The van der Waals surface area contributed by atoms with Gasteiger partial charge in [-0.05, 0) is 29.7 Å². The summed E-state index contributed by atoms with van der Waals surface area (Å²) >= 11 is 0. The van der Waals surface area contributed by atoms with Crippen molar-refractivity contribution in [1.29, 1.82) is 0 Å². The molecule has 0 N–H and O–H groups in total. The molecule has 2 aromatic rings. The second kappa shape index (κ2) is 7.92. The van der Waals surface area contributed by atoms with E-state index < -0.39 is 0 Å². The monoisotopic (exact) mass is 337 g/mol. The molecule has 0 saturated carbocycles. The molecule has 1 fully saturated rings. The first-order valence-electron chi connectivity index (χ1n) is 8.62. The number of aryl methyl sites for hydroxylation is 1. The number of carbonyl (C=O) groups excluding carboxylic acids is 2. The predicted octanol–water partition coefficient (Wildman–Crippen LogP) is 1.85. The van der Waals surface area contributed by atoms with Crippen molar-refractivity contribution < 1.29 is 9.59 Å². The van der Waals surface area contributed by atoms with Crippen LogP contribution in [0.5, 0.6) is 0 Å². The Kier molecular flexibility index (Phi) is 5.43. The number of benzene rings is 1. The van der Waals surface area contributed by atoms with Crippen LogP contribution in [0, 0.1) is 6.92 Å². The highest BCUT2D eigenvalue weighted by molar-refractivity contribution is 5.81. The van der Waals surface area contributed by atoms with Crippen molar-refractivity contribution in [3.8, 4) is 0 Å². The Balaban J connectivity index is 1.50. The van der Waals surface area contributed by atoms with E-state index in [2.05, 4.69) is 4.98 Å². The number of amides is 2. The van der Waals surface area contributed by atoms with Gasteiger partial charge in [-0.1, -0.05) is 30.3 Å². The van der Waals surface area contributed by atoms with Gasteiger partial charge in [-0.3, -0.25) is 14.6 Å². The van der Waals surface area contributed by atoms with Gasteiger partial charge >= 0.3 is 0 Å². The predicted molar refractivity (Wildman–Crippen MR) is 96.0 cm³/mol. The largest absolute Gasteiger partial charge is 0.339 e. The first-order valence-corrected chi connectivity index (χ1v) is 8.62. The van der Waals surface area contributed by atoms with Crippen LogP contribution < -0.4 is 0 Å². The molecule has 1 saturated heterocycles. The first kappa shape index (κ1) is 17.1. The van der Waals surface area contributed by atoms with Gasteiger partial charge in [-0.25, -0.2) is 0 Å². The van der Waals surface area contributed by atoms with Crippen molar-refractivity contribution in [3.63, 3.8) is 0 Å². The first-order chi connectivity index (χ1) is 12.1. The zero-order chi connectivity index (χ0) is 17.6. The van der Waals surface area contributed by atoms with E-state index in [4.69, 9.17) is 0 Å². The third-order valence-corrected chi connectivity index (χ3v) is 4.66. The van der Waals surface area contributed by atoms with Gasteiger partial charge in [0.15, 0.2) is 0 Å². The minimum Gasteiger partial charge on any atom is -0.339 e. The number of nitrogens with zero attached hydrogens (tertiary/aromatic N) is 3. The van der Waals surface area contributed by atoms with Gasteiger partial charge in [0.1, 0.15) is 0 Å². The number of hydrogen-bond donors (Lipinski definition) is 0. The number of pyridine rings is 1. The topological polar surface area (TPSA) is 53.5 Å². The van der Waals surface area contributed by atoms with Crippen LogP contribution in [0.15, 0.2) is 48.8 Å². The van der Waals surface area contributed by atoms with E-state index in [1.165, 1.54) is 0 Å². The minimum atomic E-state index is 0.115. The van der Waals surface area contributed by atoms with Crippen molar-refractivity contribution >= 4 is 11.8 Å². The third-order valence-electron chi connectivity index (χ3n) is 4.66. The lowest BCUT2D eigenvalue weighted by molar-refractivity contribution is -0.138. The lowest BCUT2D eigenvalue weighted by atomic mass is 10.1. The molecule has 1 aromatic heterocycles. The van der Waals surface area contributed by atoms with Crippen LogP contribution in [0.4, 0.5) is 0 Å². The van der Waals surface area contributed by atoms with Gasteiger partial charge in [0.05, 0.1) is 12.8 Å². The van der Waals surface area contributed by atoms with Gasteiger partial charge in [-0.15, -0.1) is 0 Å². The number of aromatic nitrogens is 1. The molecule has 1 aromatic carbocycles. The molecule has 0 unspecified atom stereocenters. The van der Waals surface area contributed by atoms with Crippen LogP contribution in [-0.4, -0.2) is 52.8 Å². The summed E-state index contributed by atoms with van der Waals surface area (Å²) in [7, 11) is 0. The number of piperazine rings is 1. The summed E-state index contributed by atoms with van der Waals surface area (Å²) in [4.78, 5) is 32.7. The molecular formula is C20H23N3O2. The molecule has 5 nitrogen and oxygen atoms in total. The molecule has 0 aliphatic carbocycles. The summed E-state index contributed by atoms with van der Waals surface area (Å²) in [6, 6.07) is 11.7. The summed E-state index contributed by atoms with van der Waals surface area (Å²) in [5.74, 6) is 0.243. The number of hydrogen-bond acceptors (Lipinski definition) is 3. The second-order valence-electron chi connectivity index (χ2n) is 6.40. The van der Waals surface area contributed by atoms with Crippen molar-refractivity contribution in [2.24, 2.45) is 0 Å².